The predicted molar refractivity (Wildman–Crippen MR) is 73.9 cm³/mol. The number of aryl methyl sites for hydroxylation is 1. The van der Waals surface area contributed by atoms with Gasteiger partial charge in [0.2, 0.25) is 0 Å². The number of methoxy groups -OCH3 is 1. The molecule has 1 aliphatic carbocycles. The average molecular weight is 249 g/mol. The zero-order valence-electron chi connectivity index (χ0n) is 11.3. The lowest BCUT2D eigenvalue weighted by atomic mass is 9.80. The van der Waals surface area contributed by atoms with E-state index in [2.05, 4.69) is 24.4 Å². The Bertz CT molecular complexity index is 384. The maximum Gasteiger partial charge on any atom is 0.0661 e. The summed E-state index contributed by atoms with van der Waals surface area (Å²) in [7, 11) is 1.77. The highest BCUT2D eigenvalue weighted by Gasteiger charge is 2.34. The van der Waals surface area contributed by atoms with E-state index < -0.39 is 0 Å². The fourth-order valence-corrected chi connectivity index (χ4v) is 2.70. The van der Waals surface area contributed by atoms with Crippen molar-refractivity contribution in [3.63, 3.8) is 0 Å². The molecule has 0 radical (unpaired) electrons. The minimum Gasteiger partial charge on any atom is -0.394 e. The summed E-state index contributed by atoms with van der Waals surface area (Å²) in [6.07, 6.45) is 4.28. The van der Waals surface area contributed by atoms with Gasteiger partial charge in [0.1, 0.15) is 0 Å². The summed E-state index contributed by atoms with van der Waals surface area (Å²) in [5.41, 5.74) is 2.17. The molecule has 1 fully saturated rings. The van der Waals surface area contributed by atoms with Gasteiger partial charge in [-0.25, -0.2) is 0 Å². The van der Waals surface area contributed by atoms with Crippen LogP contribution in [0.1, 0.15) is 31.2 Å². The molecule has 1 aromatic rings. The lowest BCUT2D eigenvalue weighted by molar-refractivity contribution is 0.0411. The molecule has 18 heavy (non-hydrogen) atoms. The predicted octanol–water partition coefficient (Wildman–Crippen LogP) is 2.73. The van der Waals surface area contributed by atoms with Gasteiger partial charge in [0.15, 0.2) is 0 Å². The molecule has 2 N–H and O–H groups in total. The maximum absolute atomic E-state index is 9.75. The van der Waals surface area contributed by atoms with Crippen molar-refractivity contribution >= 4 is 5.69 Å². The summed E-state index contributed by atoms with van der Waals surface area (Å²) in [4.78, 5) is 0. The van der Waals surface area contributed by atoms with Gasteiger partial charge >= 0.3 is 0 Å². The molecule has 0 atom stereocenters. The first-order valence-corrected chi connectivity index (χ1v) is 6.66. The summed E-state index contributed by atoms with van der Waals surface area (Å²) in [5, 5.41) is 13.3. The van der Waals surface area contributed by atoms with E-state index >= 15 is 0 Å². The number of nitrogens with one attached hydrogen (secondary N) is 1. The second kappa shape index (κ2) is 5.72. The molecule has 2 rings (SSSR count). The van der Waals surface area contributed by atoms with Crippen LogP contribution in [0.5, 0.6) is 0 Å². The fourth-order valence-electron chi connectivity index (χ4n) is 2.70. The zero-order valence-corrected chi connectivity index (χ0v) is 11.3. The number of ether oxygens (including phenoxy) is 1. The molecule has 0 saturated heterocycles. The Labute approximate surface area is 109 Å². The van der Waals surface area contributed by atoms with Crippen LogP contribution in [-0.2, 0) is 4.74 Å². The molecule has 3 heteroatoms. The van der Waals surface area contributed by atoms with E-state index in [1.165, 1.54) is 5.56 Å². The molecule has 1 aromatic carbocycles. The highest BCUT2D eigenvalue weighted by atomic mass is 16.5. The van der Waals surface area contributed by atoms with Gasteiger partial charge < -0.3 is 15.2 Å². The third-order valence-corrected chi connectivity index (χ3v) is 4.07. The number of rotatable bonds is 4. The van der Waals surface area contributed by atoms with Crippen molar-refractivity contribution < 1.29 is 9.84 Å². The summed E-state index contributed by atoms with van der Waals surface area (Å²) in [6, 6.07) is 8.23. The van der Waals surface area contributed by atoms with Crippen molar-refractivity contribution in [1.82, 2.24) is 0 Å². The van der Waals surface area contributed by atoms with Gasteiger partial charge in [-0.3, -0.25) is 0 Å². The molecule has 0 amide bonds. The van der Waals surface area contributed by atoms with Gasteiger partial charge in [-0.05, 0) is 44.2 Å². The Hall–Kier alpha value is -1.06. The van der Waals surface area contributed by atoms with Crippen molar-refractivity contribution in [1.29, 1.82) is 0 Å². The van der Waals surface area contributed by atoms with Gasteiger partial charge in [-0.1, -0.05) is 18.2 Å². The SMILES string of the molecule is COC1CCC(CO)(Nc2ccccc2C)CC1. The first-order chi connectivity index (χ1) is 8.69. The number of para-hydroxylation sites is 1. The van der Waals surface area contributed by atoms with Gasteiger partial charge in [0.05, 0.1) is 18.2 Å². The second-order valence-corrected chi connectivity index (χ2v) is 5.31. The van der Waals surface area contributed by atoms with Gasteiger partial charge in [0.25, 0.3) is 0 Å². The Balaban J connectivity index is 2.08. The normalized spacial score (nSPS) is 28.1. The van der Waals surface area contributed by atoms with E-state index in [9.17, 15) is 5.11 Å². The first-order valence-electron chi connectivity index (χ1n) is 6.66. The average Bonchev–Trinajstić information content (AvgIpc) is 2.42. The van der Waals surface area contributed by atoms with E-state index in [4.69, 9.17) is 4.74 Å². The smallest absolute Gasteiger partial charge is 0.0661 e. The fraction of sp³-hybridized carbons (Fsp3) is 0.600. The standard InChI is InChI=1S/C15H23NO2/c1-12-5-3-4-6-14(12)16-15(11-17)9-7-13(18-2)8-10-15/h3-6,13,16-17H,7-11H2,1-2H3. The molecular formula is C15H23NO2. The molecular weight excluding hydrogens is 226 g/mol. The van der Waals surface area contributed by atoms with E-state index in [0.717, 1.165) is 31.4 Å². The van der Waals surface area contributed by atoms with Crippen molar-refractivity contribution in [3.05, 3.63) is 29.8 Å². The molecule has 0 bridgehead atoms. The van der Waals surface area contributed by atoms with Crippen LogP contribution in [0.25, 0.3) is 0 Å². The Morgan fingerprint density at radius 1 is 1.33 bits per heavy atom. The molecule has 3 nitrogen and oxygen atoms in total. The minimum atomic E-state index is -0.179. The van der Waals surface area contributed by atoms with Crippen LogP contribution in [0.2, 0.25) is 0 Å². The van der Waals surface area contributed by atoms with Crippen LogP contribution >= 0.6 is 0 Å². The number of aliphatic hydroxyl groups excluding tert-OH is 1. The molecule has 100 valence electrons. The van der Waals surface area contributed by atoms with Gasteiger partial charge in [-0.2, -0.15) is 0 Å². The quantitative estimate of drug-likeness (QED) is 0.862. The Morgan fingerprint density at radius 3 is 2.56 bits per heavy atom. The topological polar surface area (TPSA) is 41.5 Å². The summed E-state index contributed by atoms with van der Waals surface area (Å²) >= 11 is 0. The number of hydrogen-bond acceptors (Lipinski definition) is 3. The maximum atomic E-state index is 9.75. The van der Waals surface area contributed by atoms with E-state index in [1.807, 2.05) is 12.1 Å². The van der Waals surface area contributed by atoms with Crippen molar-refractivity contribution in [2.24, 2.45) is 0 Å². The summed E-state index contributed by atoms with van der Waals surface area (Å²) < 4.78 is 5.39. The molecule has 0 aliphatic heterocycles. The van der Waals surface area contributed by atoms with Gasteiger partial charge in [0, 0.05) is 12.8 Å². The first kappa shape index (κ1) is 13.4. The van der Waals surface area contributed by atoms with Crippen molar-refractivity contribution in [3.8, 4) is 0 Å². The van der Waals surface area contributed by atoms with E-state index in [1.54, 1.807) is 7.11 Å². The van der Waals surface area contributed by atoms with E-state index in [-0.39, 0.29) is 12.1 Å². The highest BCUT2D eigenvalue weighted by molar-refractivity contribution is 5.52. The molecule has 0 heterocycles. The van der Waals surface area contributed by atoms with Crippen molar-refractivity contribution in [2.75, 3.05) is 19.0 Å². The number of aliphatic hydroxyl groups is 1. The van der Waals surface area contributed by atoms with Crippen LogP contribution in [0.15, 0.2) is 24.3 Å². The Kier molecular flexibility index (Phi) is 4.25. The molecule has 1 aliphatic rings. The largest absolute Gasteiger partial charge is 0.394 e. The van der Waals surface area contributed by atoms with Crippen LogP contribution in [0.3, 0.4) is 0 Å². The minimum absolute atomic E-state index is 0.178. The molecule has 1 saturated carbocycles. The van der Waals surface area contributed by atoms with Crippen LogP contribution in [-0.4, -0.2) is 30.5 Å². The lowest BCUT2D eigenvalue weighted by Gasteiger charge is -2.40. The number of anilines is 1. The second-order valence-electron chi connectivity index (χ2n) is 5.31. The monoisotopic (exact) mass is 249 g/mol. The summed E-state index contributed by atoms with van der Waals surface area (Å²) in [5.74, 6) is 0. The van der Waals surface area contributed by atoms with E-state index in [0.29, 0.717) is 6.10 Å². The van der Waals surface area contributed by atoms with Gasteiger partial charge in [-0.15, -0.1) is 0 Å². The number of hydrogen-bond donors (Lipinski definition) is 2. The number of benzene rings is 1. The van der Waals surface area contributed by atoms with Crippen LogP contribution < -0.4 is 5.32 Å². The zero-order chi connectivity index (χ0) is 13.0. The molecule has 0 aromatic heterocycles. The highest BCUT2D eigenvalue weighted by Crippen LogP contribution is 2.33. The molecule has 0 spiro atoms. The third-order valence-electron chi connectivity index (χ3n) is 4.07. The Morgan fingerprint density at radius 2 is 2.00 bits per heavy atom. The lowest BCUT2D eigenvalue weighted by Crippen LogP contribution is -2.46. The van der Waals surface area contributed by atoms with Crippen LogP contribution in [0.4, 0.5) is 5.69 Å². The van der Waals surface area contributed by atoms with Crippen molar-refractivity contribution in [2.45, 2.75) is 44.2 Å². The van der Waals surface area contributed by atoms with Crippen LogP contribution in [0, 0.1) is 6.92 Å². The summed E-state index contributed by atoms with van der Waals surface area (Å²) in [6.45, 7) is 2.27. The third kappa shape index (κ3) is 2.85. The molecule has 0 unspecified atom stereocenters.